The van der Waals surface area contributed by atoms with Gasteiger partial charge in [0.15, 0.2) is 0 Å². The molecule has 3 rings (SSSR count). The van der Waals surface area contributed by atoms with E-state index in [1.54, 1.807) is 24.3 Å². The number of hydrogen-bond donors (Lipinski definition) is 0. The van der Waals surface area contributed by atoms with Gasteiger partial charge in [-0.2, -0.15) is 0 Å². The first-order valence-corrected chi connectivity index (χ1v) is 6.88. The molecule has 0 spiro atoms. The Labute approximate surface area is 123 Å². The van der Waals surface area contributed by atoms with E-state index < -0.39 is 0 Å². The number of rotatable bonds is 5. The zero-order valence-electron chi connectivity index (χ0n) is 11.5. The van der Waals surface area contributed by atoms with Crippen LogP contribution in [-0.4, -0.2) is 17.9 Å². The van der Waals surface area contributed by atoms with Crippen molar-refractivity contribution in [3.8, 4) is 5.75 Å². The Morgan fingerprint density at radius 1 is 0.952 bits per heavy atom. The Morgan fingerprint density at radius 2 is 1.76 bits per heavy atom. The molecule has 0 atom stereocenters. The summed E-state index contributed by atoms with van der Waals surface area (Å²) in [6.45, 7) is 0.561. The van der Waals surface area contributed by atoms with E-state index >= 15 is 0 Å². The van der Waals surface area contributed by atoms with Gasteiger partial charge < -0.3 is 4.74 Å². The van der Waals surface area contributed by atoms with Gasteiger partial charge in [-0.1, -0.05) is 24.3 Å². The average molecular weight is 277 g/mol. The van der Waals surface area contributed by atoms with Gasteiger partial charge in [0.05, 0.1) is 12.1 Å². The molecule has 104 valence electrons. The molecule has 0 unspecified atom stereocenters. The summed E-state index contributed by atoms with van der Waals surface area (Å²) in [4.78, 5) is 15.2. The highest BCUT2D eigenvalue weighted by Crippen LogP contribution is 2.14. The molecule has 0 saturated heterocycles. The molecule has 3 nitrogen and oxygen atoms in total. The van der Waals surface area contributed by atoms with Crippen molar-refractivity contribution < 1.29 is 9.53 Å². The molecule has 0 N–H and O–H groups in total. The van der Waals surface area contributed by atoms with Crippen LogP contribution in [0.25, 0.3) is 10.9 Å². The summed E-state index contributed by atoms with van der Waals surface area (Å²) >= 11 is 0. The van der Waals surface area contributed by atoms with Gasteiger partial charge in [0.2, 0.25) is 0 Å². The van der Waals surface area contributed by atoms with Crippen molar-refractivity contribution in [3.05, 3.63) is 71.9 Å². The van der Waals surface area contributed by atoms with Crippen LogP contribution in [0.1, 0.15) is 16.1 Å². The minimum absolute atomic E-state index is 0.561. The summed E-state index contributed by atoms with van der Waals surface area (Å²) in [7, 11) is 0. The molecule has 0 aliphatic carbocycles. The number of carbonyl (C=O) groups excluding carboxylic acids is 1. The van der Waals surface area contributed by atoms with E-state index in [1.165, 1.54) is 0 Å². The number of benzene rings is 2. The van der Waals surface area contributed by atoms with Crippen molar-refractivity contribution in [3.63, 3.8) is 0 Å². The molecule has 0 saturated carbocycles. The number of carbonyl (C=O) groups is 1. The van der Waals surface area contributed by atoms with Crippen LogP contribution in [0.5, 0.6) is 5.75 Å². The Hall–Kier alpha value is -2.68. The quantitative estimate of drug-likeness (QED) is 0.668. The van der Waals surface area contributed by atoms with Crippen molar-refractivity contribution in [1.82, 2.24) is 4.98 Å². The van der Waals surface area contributed by atoms with Crippen LogP contribution >= 0.6 is 0 Å². The van der Waals surface area contributed by atoms with Crippen LogP contribution in [-0.2, 0) is 6.42 Å². The molecule has 0 aliphatic rings. The number of nitrogens with zero attached hydrogens (tertiary/aromatic N) is 1. The minimum atomic E-state index is 0.561. The lowest BCUT2D eigenvalue weighted by Crippen LogP contribution is -2.03. The first-order valence-electron chi connectivity index (χ1n) is 6.88. The number of hydrogen-bond acceptors (Lipinski definition) is 3. The van der Waals surface area contributed by atoms with E-state index in [1.807, 2.05) is 24.3 Å². The number of ether oxygens (including phenoxy) is 1. The van der Waals surface area contributed by atoms with Crippen LogP contribution < -0.4 is 4.74 Å². The molecule has 3 heteroatoms. The molecule has 0 aliphatic heterocycles. The van der Waals surface area contributed by atoms with Gasteiger partial charge in [0.25, 0.3) is 0 Å². The summed E-state index contributed by atoms with van der Waals surface area (Å²) in [6, 6.07) is 19.3. The third-order valence-corrected chi connectivity index (χ3v) is 3.30. The van der Waals surface area contributed by atoms with Crippen molar-refractivity contribution >= 4 is 17.2 Å². The number of pyridine rings is 1. The fraction of sp³-hybridized carbons (Fsp3) is 0.111. The minimum Gasteiger partial charge on any atom is -0.493 e. The fourth-order valence-corrected chi connectivity index (χ4v) is 2.16. The standard InChI is InChI=1S/C18H15NO2/c20-13-14-5-9-17(10-6-14)21-12-11-16-8-7-15-3-1-2-4-18(15)19-16/h1-10,13H,11-12H2. The van der Waals surface area contributed by atoms with Crippen molar-refractivity contribution in [1.29, 1.82) is 0 Å². The summed E-state index contributed by atoms with van der Waals surface area (Å²) in [5, 5.41) is 1.15. The first-order chi connectivity index (χ1) is 10.3. The summed E-state index contributed by atoms with van der Waals surface area (Å²) in [5.41, 5.74) is 2.67. The van der Waals surface area contributed by atoms with Gasteiger partial charge in [0, 0.05) is 23.1 Å². The molecule has 21 heavy (non-hydrogen) atoms. The third-order valence-electron chi connectivity index (χ3n) is 3.30. The summed E-state index contributed by atoms with van der Waals surface area (Å²) < 4.78 is 5.67. The zero-order chi connectivity index (χ0) is 14.5. The molecule has 0 fully saturated rings. The molecule has 3 aromatic rings. The van der Waals surface area contributed by atoms with E-state index in [2.05, 4.69) is 17.1 Å². The highest BCUT2D eigenvalue weighted by atomic mass is 16.5. The lowest BCUT2D eigenvalue weighted by Gasteiger charge is -2.06. The van der Waals surface area contributed by atoms with Gasteiger partial charge in [0.1, 0.15) is 12.0 Å². The van der Waals surface area contributed by atoms with E-state index in [-0.39, 0.29) is 0 Å². The Kier molecular flexibility index (Phi) is 3.92. The molecule has 2 aromatic carbocycles. The molecular formula is C18H15NO2. The molecular weight excluding hydrogens is 262 g/mol. The SMILES string of the molecule is O=Cc1ccc(OCCc2ccc3ccccc3n2)cc1. The van der Waals surface area contributed by atoms with Gasteiger partial charge in [-0.25, -0.2) is 0 Å². The fourth-order valence-electron chi connectivity index (χ4n) is 2.16. The van der Waals surface area contributed by atoms with E-state index in [4.69, 9.17) is 4.74 Å². The molecule has 1 heterocycles. The maximum atomic E-state index is 10.6. The highest BCUT2D eigenvalue weighted by molar-refractivity contribution is 5.78. The number of aldehydes is 1. The van der Waals surface area contributed by atoms with Gasteiger partial charge in [-0.05, 0) is 36.4 Å². The average Bonchev–Trinajstić information content (AvgIpc) is 2.55. The largest absolute Gasteiger partial charge is 0.493 e. The molecule has 1 aromatic heterocycles. The smallest absolute Gasteiger partial charge is 0.150 e. The van der Waals surface area contributed by atoms with E-state index in [9.17, 15) is 4.79 Å². The van der Waals surface area contributed by atoms with Gasteiger partial charge in [-0.15, -0.1) is 0 Å². The van der Waals surface area contributed by atoms with Gasteiger partial charge in [-0.3, -0.25) is 9.78 Å². The zero-order valence-corrected chi connectivity index (χ0v) is 11.5. The Balaban J connectivity index is 1.61. The van der Waals surface area contributed by atoms with Crippen LogP contribution in [0.15, 0.2) is 60.7 Å². The first kappa shape index (κ1) is 13.3. The number of para-hydroxylation sites is 1. The maximum Gasteiger partial charge on any atom is 0.150 e. The second-order valence-corrected chi connectivity index (χ2v) is 4.78. The monoisotopic (exact) mass is 277 g/mol. The topological polar surface area (TPSA) is 39.2 Å². The highest BCUT2D eigenvalue weighted by Gasteiger charge is 1.99. The van der Waals surface area contributed by atoms with Crippen LogP contribution in [0.3, 0.4) is 0 Å². The number of fused-ring (bicyclic) bond motifs is 1. The van der Waals surface area contributed by atoms with Crippen LogP contribution in [0.4, 0.5) is 0 Å². The predicted octanol–water partition coefficient (Wildman–Crippen LogP) is 3.67. The van der Waals surface area contributed by atoms with E-state index in [0.29, 0.717) is 12.2 Å². The van der Waals surface area contributed by atoms with E-state index in [0.717, 1.165) is 35.1 Å². The summed E-state index contributed by atoms with van der Waals surface area (Å²) in [6.07, 6.45) is 1.57. The van der Waals surface area contributed by atoms with Crippen LogP contribution in [0, 0.1) is 0 Å². The second kappa shape index (κ2) is 6.18. The predicted molar refractivity (Wildman–Crippen MR) is 82.8 cm³/mol. The second-order valence-electron chi connectivity index (χ2n) is 4.78. The maximum absolute atomic E-state index is 10.6. The van der Waals surface area contributed by atoms with Gasteiger partial charge >= 0.3 is 0 Å². The lowest BCUT2D eigenvalue weighted by molar-refractivity contribution is 0.112. The summed E-state index contributed by atoms with van der Waals surface area (Å²) in [5.74, 6) is 0.765. The Morgan fingerprint density at radius 3 is 2.57 bits per heavy atom. The normalized spacial score (nSPS) is 10.5. The molecule has 0 bridgehead atoms. The number of aromatic nitrogens is 1. The third kappa shape index (κ3) is 3.26. The van der Waals surface area contributed by atoms with Crippen molar-refractivity contribution in [2.45, 2.75) is 6.42 Å². The van der Waals surface area contributed by atoms with Crippen LogP contribution in [0.2, 0.25) is 0 Å². The molecule has 0 radical (unpaired) electrons. The van der Waals surface area contributed by atoms with Crippen molar-refractivity contribution in [2.75, 3.05) is 6.61 Å². The lowest BCUT2D eigenvalue weighted by atomic mass is 10.2. The molecule has 0 amide bonds. The van der Waals surface area contributed by atoms with Crippen molar-refractivity contribution in [2.24, 2.45) is 0 Å². The Bertz CT molecular complexity index is 751.